The normalized spacial score (nSPS) is 18.7. The minimum Gasteiger partial charge on any atom is -0.495 e. The van der Waals surface area contributed by atoms with Crippen LogP contribution in [0.25, 0.3) is 11.8 Å². The molecular weight excluding hydrogens is 467 g/mol. The van der Waals surface area contributed by atoms with Gasteiger partial charge in [0.05, 0.1) is 24.8 Å². The van der Waals surface area contributed by atoms with Gasteiger partial charge in [-0.1, -0.05) is 30.2 Å². The van der Waals surface area contributed by atoms with Crippen molar-refractivity contribution in [1.29, 1.82) is 0 Å². The summed E-state index contributed by atoms with van der Waals surface area (Å²) in [5.74, 6) is 1.23. The minimum atomic E-state index is -0.371. The smallest absolute Gasteiger partial charge is 0.171 e. The van der Waals surface area contributed by atoms with Gasteiger partial charge in [-0.2, -0.15) is 0 Å². The maximum atomic E-state index is 13.9. The molecule has 0 amide bonds. The molecule has 2 aliphatic heterocycles. The van der Waals surface area contributed by atoms with Crippen LogP contribution in [0.5, 0.6) is 5.75 Å². The topological polar surface area (TPSA) is 51.9 Å². The van der Waals surface area contributed by atoms with Crippen LogP contribution in [0.15, 0.2) is 59.7 Å². The maximum absolute atomic E-state index is 13.9. The van der Waals surface area contributed by atoms with Gasteiger partial charge in [-0.15, -0.1) is 0 Å². The van der Waals surface area contributed by atoms with Crippen LogP contribution in [-0.2, 0) is 4.84 Å². The highest BCUT2D eigenvalue weighted by atomic mass is 35.5. The molecule has 0 aliphatic carbocycles. The van der Waals surface area contributed by atoms with Crippen molar-refractivity contribution in [2.45, 2.75) is 39.7 Å². The van der Waals surface area contributed by atoms with Crippen LogP contribution in [0.1, 0.15) is 49.6 Å². The Hall–Kier alpha value is -3.32. The molecule has 2 aliphatic rings. The number of piperidine rings is 1. The number of ether oxygens (including phenoxy) is 1. The number of hydrogen-bond donors (Lipinski definition) is 0. The number of rotatable bonds is 4. The van der Waals surface area contributed by atoms with Gasteiger partial charge in [-0.25, -0.2) is 9.37 Å². The molecule has 6 nitrogen and oxygen atoms in total. The van der Waals surface area contributed by atoms with Crippen LogP contribution in [0.3, 0.4) is 0 Å². The molecular formula is C27H30ClFN4O2. The number of oxime groups is 1. The molecule has 5 rings (SSSR count). The summed E-state index contributed by atoms with van der Waals surface area (Å²) in [5.41, 5.74) is 4.71. The Kier molecular flexibility index (Phi) is 7.45. The highest BCUT2D eigenvalue weighted by molar-refractivity contribution is 6.30. The fraction of sp³-hybridized carbons (Fsp3) is 0.333. The molecule has 0 saturated carbocycles. The summed E-state index contributed by atoms with van der Waals surface area (Å²) in [7, 11) is 1.67. The zero-order chi connectivity index (χ0) is 23.7. The standard InChI is InChI=1S/C26H26ClFN4O2.CH4/c1-17-15-32(16-29-17)23-6-5-18(11-25(23)33-2)10-19-4-3-8-31-9-7-24(34-30-26(19)31)20-12-21(27)14-22(28)13-20;/h5-6,10-16,24H,3-4,7-9H2,1-2H3;1H4/b19-10+;/t24-;/m0./s1. The van der Waals surface area contributed by atoms with Gasteiger partial charge < -0.3 is 19.0 Å². The molecule has 1 aromatic heterocycles. The van der Waals surface area contributed by atoms with Crippen molar-refractivity contribution in [3.8, 4) is 11.4 Å². The second-order valence-corrected chi connectivity index (χ2v) is 9.05. The Morgan fingerprint density at radius 2 is 2.06 bits per heavy atom. The molecule has 8 heteroatoms. The summed E-state index contributed by atoms with van der Waals surface area (Å²) in [6, 6.07) is 10.6. The third kappa shape index (κ3) is 5.35. The number of hydrogen-bond acceptors (Lipinski definition) is 5. The lowest BCUT2D eigenvalue weighted by Crippen LogP contribution is -2.37. The molecule has 2 aromatic carbocycles. The van der Waals surface area contributed by atoms with Crippen molar-refractivity contribution < 1.29 is 14.0 Å². The number of methoxy groups -OCH3 is 1. The van der Waals surface area contributed by atoms with E-state index in [1.807, 2.05) is 29.8 Å². The van der Waals surface area contributed by atoms with Gasteiger partial charge in [0, 0.05) is 30.7 Å². The highest BCUT2D eigenvalue weighted by Gasteiger charge is 2.28. The van der Waals surface area contributed by atoms with Gasteiger partial charge >= 0.3 is 0 Å². The van der Waals surface area contributed by atoms with Gasteiger partial charge in [-0.05, 0) is 72.9 Å². The van der Waals surface area contributed by atoms with E-state index < -0.39 is 0 Å². The molecule has 0 radical (unpaired) electrons. The second-order valence-electron chi connectivity index (χ2n) is 8.61. The van der Waals surface area contributed by atoms with Gasteiger partial charge in [0.1, 0.15) is 11.6 Å². The molecule has 3 aromatic rings. The molecule has 1 atom stereocenters. The average Bonchev–Trinajstić information content (AvgIpc) is 3.12. The Morgan fingerprint density at radius 1 is 1.20 bits per heavy atom. The number of benzene rings is 2. The molecule has 0 unspecified atom stereocenters. The van der Waals surface area contributed by atoms with Gasteiger partial charge in [0.25, 0.3) is 0 Å². The summed E-state index contributed by atoms with van der Waals surface area (Å²) in [6.07, 6.45) is 8.18. The van der Waals surface area contributed by atoms with Crippen molar-refractivity contribution >= 4 is 23.5 Å². The van der Waals surface area contributed by atoms with Crippen molar-refractivity contribution in [3.63, 3.8) is 0 Å². The third-order valence-electron chi connectivity index (χ3n) is 6.18. The summed E-state index contributed by atoms with van der Waals surface area (Å²) < 4.78 is 21.5. The summed E-state index contributed by atoms with van der Waals surface area (Å²) >= 11 is 6.06. The zero-order valence-corrected chi connectivity index (χ0v) is 19.9. The lowest BCUT2D eigenvalue weighted by atomic mass is 9.99. The molecule has 1 fully saturated rings. The number of aryl methyl sites for hydroxylation is 1. The van der Waals surface area contributed by atoms with Crippen molar-refractivity contribution in [1.82, 2.24) is 14.5 Å². The van der Waals surface area contributed by atoms with E-state index in [0.29, 0.717) is 17.0 Å². The van der Waals surface area contributed by atoms with E-state index in [-0.39, 0.29) is 19.3 Å². The fourth-order valence-electron chi connectivity index (χ4n) is 4.53. The first-order valence-electron chi connectivity index (χ1n) is 11.3. The first kappa shape index (κ1) is 24.8. The number of nitrogens with zero attached hydrogens (tertiary/aromatic N) is 4. The maximum Gasteiger partial charge on any atom is 0.171 e. The number of fused-ring (bicyclic) bond motifs is 1. The number of halogens is 2. The largest absolute Gasteiger partial charge is 0.495 e. The van der Waals surface area contributed by atoms with Gasteiger partial charge in [0.2, 0.25) is 0 Å². The Morgan fingerprint density at radius 3 is 2.80 bits per heavy atom. The molecule has 35 heavy (non-hydrogen) atoms. The molecule has 1 saturated heterocycles. The SMILES string of the molecule is C.COc1cc(/C=C2\CCCN3CC[C@@H](c4cc(F)cc(Cl)c4)ON=C23)ccc1-n1cnc(C)c1. The van der Waals surface area contributed by atoms with E-state index in [1.165, 1.54) is 12.1 Å². The van der Waals surface area contributed by atoms with Gasteiger partial charge in [-0.3, -0.25) is 0 Å². The Bertz CT molecular complexity index is 1250. The molecule has 184 valence electrons. The monoisotopic (exact) mass is 496 g/mol. The molecule has 3 heterocycles. The Balaban J connectivity index is 0.00000289. The van der Waals surface area contributed by atoms with Crippen LogP contribution in [0.4, 0.5) is 4.39 Å². The predicted octanol–water partition coefficient (Wildman–Crippen LogP) is 6.57. The first-order valence-corrected chi connectivity index (χ1v) is 11.7. The van der Waals surface area contributed by atoms with Crippen LogP contribution in [-0.4, -0.2) is 40.5 Å². The Labute approximate surface area is 210 Å². The van der Waals surface area contributed by atoms with E-state index in [1.54, 1.807) is 19.5 Å². The lowest BCUT2D eigenvalue weighted by Gasteiger charge is -2.29. The second kappa shape index (κ2) is 10.5. The number of imidazole rings is 1. The van der Waals surface area contributed by atoms with E-state index in [2.05, 4.69) is 27.2 Å². The van der Waals surface area contributed by atoms with Crippen LogP contribution in [0.2, 0.25) is 5.02 Å². The summed E-state index contributed by atoms with van der Waals surface area (Å²) in [5, 5.41) is 4.87. The average molecular weight is 497 g/mol. The molecule has 0 spiro atoms. The first-order chi connectivity index (χ1) is 16.5. The predicted molar refractivity (Wildman–Crippen MR) is 138 cm³/mol. The number of aromatic nitrogens is 2. The quantitative estimate of drug-likeness (QED) is 0.410. The van der Waals surface area contributed by atoms with E-state index in [4.69, 9.17) is 21.2 Å². The van der Waals surface area contributed by atoms with Crippen LogP contribution < -0.4 is 4.74 Å². The van der Waals surface area contributed by atoms with E-state index >= 15 is 0 Å². The van der Waals surface area contributed by atoms with Crippen molar-refractivity contribution in [3.05, 3.63) is 82.2 Å². The summed E-state index contributed by atoms with van der Waals surface area (Å²) in [4.78, 5) is 12.5. The van der Waals surface area contributed by atoms with Crippen LogP contribution in [0, 0.1) is 12.7 Å². The van der Waals surface area contributed by atoms with Crippen molar-refractivity contribution in [2.75, 3.05) is 20.2 Å². The molecule has 0 N–H and O–H groups in total. The van der Waals surface area contributed by atoms with Crippen LogP contribution >= 0.6 is 11.6 Å². The van der Waals surface area contributed by atoms with Crippen molar-refractivity contribution in [2.24, 2.45) is 5.16 Å². The minimum absolute atomic E-state index is 0. The molecule has 0 bridgehead atoms. The van der Waals surface area contributed by atoms with Gasteiger partial charge in [0.15, 0.2) is 11.9 Å². The highest BCUT2D eigenvalue weighted by Crippen LogP contribution is 2.32. The summed E-state index contributed by atoms with van der Waals surface area (Å²) in [6.45, 7) is 3.65. The van der Waals surface area contributed by atoms with E-state index in [9.17, 15) is 4.39 Å². The fourth-order valence-corrected chi connectivity index (χ4v) is 4.76. The number of amidine groups is 1. The zero-order valence-electron chi connectivity index (χ0n) is 19.2. The lowest BCUT2D eigenvalue weighted by molar-refractivity contribution is 0.0574. The third-order valence-corrected chi connectivity index (χ3v) is 6.40. The van der Waals surface area contributed by atoms with E-state index in [0.717, 1.165) is 60.0 Å².